The number of hydrogen-bond acceptors (Lipinski definition) is 2. The van der Waals surface area contributed by atoms with Crippen LogP contribution in [0.25, 0.3) is 0 Å². The van der Waals surface area contributed by atoms with E-state index in [-0.39, 0.29) is 18.0 Å². The summed E-state index contributed by atoms with van der Waals surface area (Å²) in [4.78, 5) is 22.7. The van der Waals surface area contributed by atoms with Crippen LogP contribution < -0.4 is 16.0 Å². The van der Waals surface area contributed by atoms with Crippen molar-refractivity contribution in [2.45, 2.75) is 40.2 Å². The maximum atomic E-state index is 11.7. The van der Waals surface area contributed by atoms with E-state index in [0.29, 0.717) is 5.69 Å². The van der Waals surface area contributed by atoms with E-state index in [2.05, 4.69) is 16.0 Å². The summed E-state index contributed by atoms with van der Waals surface area (Å²) in [5.74, 6) is -0.113. The van der Waals surface area contributed by atoms with Crippen molar-refractivity contribution in [2.24, 2.45) is 0 Å². The molecule has 0 bridgehead atoms. The molecule has 0 fully saturated rings. The predicted octanol–water partition coefficient (Wildman–Crippen LogP) is 2.87. The molecule has 1 aromatic rings. The van der Waals surface area contributed by atoms with Crippen LogP contribution in [0.5, 0.6) is 0 Å². The lowest BCUT2D eigenvalue weighted by Crippen LogP contribution is -2.35. The Kier molecular flexibility index (Phi) is 5.36. The average Bonchev–Trinajstić information content (AvgIpc) is 2.32. The number of benzene rings is 1. The Morgan fingerprint density at radius 1 is 1.26 bits per heavy atom. The Morgan fingerprint density at radius 3 is 2.47 bits per heavy atom. The van der Waals surface area contributed by atoms with Gasteiger partial charge in [-0.1, -0.05) is 6.92 Å². The van der Waals surface area contributed by atoms with Gasteiger partial charge in [0.1, 0.15) is 0 Å². The number of carbonyl (C=O) groups is 2. The molecule has 5 nitrogen and oxygen atoms in total. The van der Waals surface area contributed by atoms with Gasteiger partial charge in [-0.05, 0) is 44.0 Å². The molecule has 0 aromatic heterocycles. The third kappa shape index (κ3) is 4.99. The van der Waals surface area contributed by atoms with Crippen molar-refractivity contribution >= 4 is 23.3 Å². The van der Waals surface area contributed by atoms with Crippen molar-refractivity contribution in [3.63, 3.8) is 0 Å². The first-order valence-electron chi connectivity index (χ1n) is 6.38. The maximum Gasteiger partial charge on any atom is 0.319 e. The van der Waals surface area contributed by atoms with Crippen LogP contribution in [-0.2, 0) is 4.79 Å². The molecule has 0 aliphatic heterocycles. The van der Waals surface area contributed by atoms with Crippen LogP contribution >= 0.6 is 0 Å². The average molecular weight is 263 g/mol. The molecule has 5 heteroatoms. The van der Waals surface area contributed by atoms with Crippen LogP contribution in [0.1, 0.15) is 32.8 Å². The molecule has 0 unspecified atom stereocenters. The van der Waals surface area contributed by atoms with E-state index in [1.807, 2.05) is 26.8 Å². The molecule has 19 heavy (non-hydrogen) atoms. The highest BCUT2D eigenvalue weighted by Crippen LogP contribution is 2.19. The Hall–Kier alpha value is -2.04. The third-order valence-corrected chi connectivity index (χ3v) is 2.78. The van der Waals surface area contributed by atoms with Gasteiger partial charge in [0, 0.05) is 24.3 Å². The van der Waals surface area contributed by atoms with E-state index in [1.54, 1.807) is 12.1 Å². The summed E-state index contributed by atoms with van der Waals surface area (Å²) in [6.45, 7) is 7.30. The van der Waals surface area contributed by atoms with Gasteiger partial charge in [-0.15, -0.1) is 0 Å². The van der Waals surface area contributed by atoms with Crippen molar-refractivity contribution in [3.8, 4) is 0 Å². The third-order valence-electron chi connectivity index (χ3n) is 2.78. The van der Waals surface area contributed by atoms with E-state index in [1.165, 1.54) is 6.92 Å². The lowest BCUT2D eigenvalue weighted by molar-refractivity contribution is -0.114. The summed E-state index contributed by atoms with van der Waals surface area (Å²) in [7, 11) is 0. The summed E-state index contributed by atoms with van der Waals surface area (Å²) in [6, 6.07) is 5.27. The van der Waals surface area contributed by atoms with Gasteiger partial charge in [-0.2, -0.15) is 0 Å². The molecule has 0 aliphatic rings. The lowest BCUT2D eigenvalue weighted by atomic mass is 10.1. The Morgan fingerprint density at radius 2 is 1.95 bits per heavy atom. The monoisotopic (exact) mass is 263 g/mol. The maximum absolute atomic E-state index is 11.7. The molecule has 0 saturated carbocycles. The van der Waals surface area contributed by atoms with Crippen molar-refractivity contribution in [2.75, 3.05) is 10.6 Å². The number of carbonyl (C=O) groups excluding carboxylic acids is 2. The minimum atomic E-state index is -0.221. The Balaban J connectivity index is 2.68. The molecule has 1 rings (SSSR count). The van der Waals surface area contributed by atoms with Gasteiger partial charge in [-0.25, -0.2) is 4.79 Å². The molecule has 104 valence electrons. The predicted molar refractivity (Wildman–Crippen MR) is 77.4 cm³/mol. The molecule has 3 amide bonds. The van der Waals surface area contributed by atoms with Gasteiger partial charge in [0.05, 0.1) is 0 Å². The van der Waals surface area contributed by atoms with Crippen LogP contribution in [0.3, 0.4) is 0 Å². The minimum absolute atomic E-state index is 0.113. The van der Waals surface area contributed by atoms with Crippen molar-refractivity contribution in [1.29, 1.82) is 0 Å². The van der Waals surface area contributed by atoms with E-state index in [9.17, 15) is 9.59 Å². The molecule has 0 heterocycles. The summed E-state index contributed by atoms with van der Waals surface area (Å²) in [5.41, 5.74) is 2.35. The molecular weight excluding hydrogens is 242 g/mol. The van der Waals surface area contributed by atoms with Crippen molar-refractivity contribution in [3.05, 3.63) is 23.8 Å². The molecule has 0 aliphatic carbocycles. The second-order valence-corrected chi connectivity index (χ2v) is 4.62. The van der Waals surface area contributed by atoms with Crippen LogP contribution in [0, 0.1) is 6.92 Å². The van der Waals surface area contributed by atoms with Crippen LogP contribution in [0.4, 0.5) is 16.2 Å². The number of aryl methyl sites for hydroxylation is 1. The largest absolute Gasteiger partial charge is 0.335 e. The van der Waals surface area contributed by atoms with Crippen molar-refractivity contribution in [1.82, 2.24) is 5.32 Å². The zero-order valence-electron chi connectivity index (χ0n) is 11.8. The quantitative estimate of drug-likeness (QED) is 0.781. The SMILES string of the molecule is CC[C@@H](C)NC(=O)Nc1ccc(NC(C)=O)c(C)c1. The Labute approximate surface area is 113 Å². The fraction of sp³-hybridized carbons (Fsp3) is 0.429. The zero-order chi connectivity index (χ0) is 14.4. The first kappa shape index (κ1) is 15.0. The molecule has 0 spiro atoms. The first-order chi connectivity index (χ1) is 8.92. The van der Waals surface area contributed by atoms with Crippen molar-refractivity contribution < 1.29 is 9.59 Å². The lowest BCUT2D eigenvalue weighted by Gasteiger charge is -2.14. The highest BCUT2D eigenvalue weighted by atomic mass is 16.2. The molecule has 1 aromatic carbocycles. The summed E-state index contributed by atoms with van der Waals surface area (Å²) >= 11 is 0. The highest BCUT2D eigenvalue weighted by molar-refractivity contribution is 5.92. The standard InChI is InChI=1S/C14H21N3O2/c1-5-10(3)15-14(19)17-12-6-7-13(9(2)8-12)16-11(4)18/h6-8,10H,5H2,1-4H3,(H,16,18)(H2,15,17,19)/t10-/m1/s1. The van der Waals surface area contributed by atoms with Gasteiger partial charge in [0.15, 0.2) is 0 Å². The number of nitrogens with one attached hydrogen (secondary N) is 3. The Bertz CT molecular complexity index is 472. The molecule has 0 radical (unpaired) electrons. The summed E-state index contributed by atoms with van der Waals surface area (Å²) in [5, 5.41) is 8.32. The van der Waals surface area contributed by atoms with Gasteiger partial charge in [-0.3, -0.25) is 4.79 Å². The molecule has 0 saturated heterocycles. The topological polar surface area (TPSA) is 70.2 Å². The zero-order valence-corrected chi connectivity index (χ0v) is 11.8. The summed E-state index contributed by atoms with van der Waals surface area (Å²) < 4.78 is 0. The molecular formula is C14H21N3O2. The highest BCUT2D eigenvalue weighted by Gasteiger charge is 2.07. The van der Waals surface area contributed by atoms with E-state index >= 15 is 0 Å². The molecule has 3 N–H and O–H groups in total. The number of amides is 3. The van der Waals surface area contributed by atoms with Gasteiger partial charge in [0.2, 0.25) is 5.91 Å². The van der Waals surface area contributed by atoms with Gasteiger partial charge < -0.3 is 16.0 Å². The molecule has 1 atom stereocenters. The van der Waals surface area contributed by atoms with Crippen LogP contribution in [0.15, 0.2) is 18.2 Å². The number of rotatable bonds is 4. The smallest absolute Gasteiger partial charge is 0.319 e. The normalized spacial score (nSPS) is 11.6. The summed E-state index contributed by atoms with van der Waals surface area (Å²) in [6.07, 6.45) is 0.883. The first-order valence-corrected chi connectivity index (χ1v) is 6.38. The second kappa shape index (κ2) is 6.78. The fourth-order valence-corrected chi connectivity index (χ4v) is 1.56. The van der Waals surface area contributed by atoms with Crippen LogP contribution in [-0.4, -0.2) is 18.0 Å². The van der Waals surface area contributed by atoms with Gasteiger partial charge in [0.25, 0.3) is 0 Å². The minimum Gasteiger partial charge on any atom is -0.335 e. The van der Waals surface area contributed by atoms with Crippen LogP contribution in [0.2, 0.25) is 0 Å². The number of hydrogen-bond donors (Lipinski definition) is 3. The van der Waals surface area contributed by atoms with E-state index in [4.69, 9.17) is 0 Å². The van der Waals surface area contributed by atoms with Gasteiger partial charge >= 0.3 is 6.03 Å². The van der Waals surface area contributed by atoms with E-state index in [0.717, 1.165) is 17.7 Å². The number of anilines is 2. The number of urea groups is 1. The second-order valence-electron chi connectivity index (χ2n) is 4.62. The fourth-order valence-electron chi connectivity index (χ4n) is 1.56. The van der Waals surface area contributed by atoms with E-state index < -0.39 is 0 Å².